The van der Waals surface area contributed by atoms with Crippen molar-refractivity contribution in [3.8, 4) is 11.4 Å². The molecular formula is C20H21N5O3S. The normalized spacial score (nSPS) is 10.6. The first-order chi connectivity index (χ1) is 14.1. The minimum Gasteiger partial charge on any atom is -0.462 e. The average molecular weight is 411 g/mol. The third-order valence-corrected chi connectivity index (χ3v) is 4.97. The number of hydrogen-bond donors (Lipinski definition) is 1. The van der Waals surface area contributed by atoms with Crippen molar-refractivity contribution < 1.29 is 14.3 Å². The smallest absolute Gasteiger partial charge is 0.340 e. The minimum atomic E-state index is -0.469. The van der Waals surface area contributed by atoms with E-state index in [0.29, 0.717) is 23.0 Å². The summed E-state index contributed by atoms with van der Waals surface area (Å²) in [6, 6.07) is 10.5. The summed E-state index contributed by atoms with van der Waals surface area (Å²) >= 11 is 1.28. The SMILES string of the molecule is CCOC(=O)c1ccccc1NC(=O)CSc1nnc(-c2ccncc2)n1CC. The first-order valence-electron chi connectivity index (χ1n) is 9.16. The fourth-order valence-electron chi connectivity index (χ4n) is 2.69. The predicted octanol–water partition coefficient (Wildman–Crippen LogP) is 3.27. The van der Waals surface area contributed by atoms with E-state index in [9.17, 15) is 9.59 Å². The first kappa shape index (κ1) is 20.5. The van der Waals surface area contributed by atoms with E-state index >= 15 is 0 Å². The van der Waals surface area contributed by atoms with Gasteiger partial charge >= 0.3 is 5.97 Å². The van der Waals surface area contributed by atoms with Gasteiger partial charge in [0.05, 0.1) is 23.6 Å². The standard InChI is InChI=1S/C20H21N5O3S/c1-3-25-18(14-9-11-21-12-10-14)23-24-20(25)29-13-17(26)22-16-8-6-5-7-15(16)19(27)28-4-2/h5-12H,3-4,13H2,1-2H3,(H,22,26). The van der Waals surface area contributed by atoms with Crippen LogP contribution >= 0.6 is 11.8 Å². The second-order valence-corrected chi connectivity index (χ2v) is 6.83. The molecule has 8 nitrogen and oxygen atoms in total. The molecule has 150 valence electrons. The number of rotatable bonds is 8. The van der Waals surface area contributed by atoms with Gasteiger partial charge in [0.1, 0.15) is 0 Å². The number of pyridine rings is 1. The molecule has 9 heteroatoms. The summed E-state index contributed by atoms with van der Waals surface area (Å²) in [6.07, 6.45) is 3.40. The number of thioether (sulfide) groups is 1. The molecule has 0 fully saturated rings. The van der Waals surface area contributed by atoms with Crippen LogP contribution in [0.1, 0.15) is 24.2 Å². The zero-order valence-electron chi connectivity index (χ0n) is 16.2. The van der Waals surface area contributed by atoms with Gasteiger partial charge in [-0.2, -0.15) is 0 Å². The number of ether oxygens (including phenoxy) is 1. The van der Waals surface area contributed by atoms with E-state index in [1.165, 1.54) is 11.8 Å². The third kappa shape index (κ3) is 5.00. The highest BCUT2D eigenvalue weighted by Crippen LogP contribution is 2.24. The topological polar surface area (TPSA) is 99.0 Å². The van der Waals surface area contributed by atoms with Crippen LogP contribution < -0.4 is 5.32 Å². The van der Waals surface area contributed by atoms with Crippen molar-refractivity contribution in [2.45, 2.75) is 25.5 Å². The molecule has 0 aliphatic heterocycles. The molecule has 0 spiro atoms. The van der Waals surface area contributed by atoms with Gasteiger partial charge in [0.25, 0.3) is 0 Å². The first-order valence-corrected chi connectivity index (χ1v) is 10.1. The van der Waals surface area contributed by atoms with E-state index in [0.717, 1.165) is 11.4 Å². The van der Waals surface area contributed by atoms with Crippen molar-refractivity contribution in [3.63, 3.8) is 0 Å². The summed E-state index contributed by atoms with van der Waals surface area (Å²) in [7, 11) is 0. The number of nitrogens with zero attached hydrogens (tertiary/aromatic N) is 4. The number of aromatic nitrogens is 4. The Balaban J connectivity index is 1.68. The molecule has 1 amide bonds. The lowest BCUT2D eigenvalue weighted by atomic mass is 10.2. The van der Waals surface area contributed by atoms with Gasteiger partial charge in [0, 0.05) is 24.5 Å². The zero-order valence-corrected chi connectivity index (χ0v) is 17.0. The number of carbonyl (C=O) groups excluding carboxylic acids is 2. The maximum atomic E-state index is 12.4. The summed E-state index contributed by atoms with van der Waals surface area (Å²) < 4.78 is 6.98. The Hall–Kier alpha value is -3.20. The summed E-state index contributed by atoms with van der Waals surface area (Å²) in [5.74, 6) is 0.142. The summed E-state index contributed by atoms with van der Waals surface area (Å²) in [4.78, 5) is 28.5. The molecule has 0 unspecified atom stereocenters. The second-order valence-electron chi connectivity index (χ2n) is 5.89. The Morgan fingerprint density at radius 3 is 2.59 bits per heavy atom. The quantitative estimate of drug-likeness (QED) is 0.449. The van der Waals surface area contributed by atoms with E-state index in [4.69, 9.17) is 4.74 Å². The van der Waals surface area contributed by atoms with Gasteiger partial charge in [-0.15, -0.1) is 10.2 Å². The number of para-hydroxylation sites is 1. The highest BCUT2D eigenvalue weighted by atomic mass is 32.2. The molecule has 0 atom stereocenters. The molecule has 3 aromatic rings. The van der Waals surface area contributed by atoms with Crippen LogP contribution in [0.4, 0.5) is 5.69 Å². The van der Waals surface area contributed by atoms with E-state index < -0.39 is 5.97 Å². The van der Waals surface area contributed by atoms with Crippen molar-refractivity contribution in [2.75, 3.05) is 17.7 Å². The zero-order chi connectivity index (χ0) is 20.6. The van der Waals surface area contributed by atoms with E-state index in [1.807, 2.05) is 23.6 Å². The van der Waals surface area contributed by atoms with Crippen LogP contribution in [-0.2, 0) is 16.1 Å². The van der Waals surface area contributed by atoms with Gasteiger partial charge in [0.15, 0.2) is 11.0 Å². The molecule has 0 aliphatic carbocycles. The van der Waals surface area contributed by atoms with Gasteiger partial charge in [-0.1, -0.05) is 23.9 Å². The average Bonchev–Trinajstić information content (AvgIpc) is 3.16. The lowest BCUT2D eigenvalue weighted by molar-refractivity contribution is -0.113. The molecule has 0 radical (unpaired) electrons. The molecular weight excluding hydrogens is 390 g/mol. The van der Waals surface area contributed by atoms with Crippen molar-refractivity contribution in [1.29, 1.82) is 0 Å². The van der Waals surface area contributed by atoms with Crippen LogP contribution in [0.25, 0.3) is 11.4 Å². The lowest BCUT2D eigenvalue weighted by Gasteiger charge is -2.10. The molecule has 2 heterocycles. The largest absolute Gasteiger partial charge is 0.462 e. The van der Waals surface area contributed by atoms with Crippen LogP contribution in [0.3, 0.4) is 0 Å². The molecule has 0 saturated heterocycles. The maximum Gasteiger partial charge on any atom is 0.340 e. The summed E-state index contributed by atoms with van der Waals surface area (Å²) in [6.45, 7) is 4.66. The van der Waals surface area contributed by atoms with Gasteiger partial charge in [0.2, 0.25) is 5.91 Å². The van der Waals surface area contributed by atoms with Crippen LogP contribution in [0.5, 0.6) is 0 Å². The second kappa shape index (κ2) is 9.83. The Labute approximate surface area is 172 Å². The van der Waals surface area contributed by atoms with Crippen LogP contribution in [0.2, 0.25) is 0 Å². The number of benzene rings is 1. The van der Waals surface area contributed by atoms with Crippen molar-refractivity contribution in [2.24, 2.45) is 0 Å². The van der Waals surface area contributed by atoms with Crippen LogP contribution in [-0.4, -0.2) is 44.0 Å². The summed E-state index contributed by atoms with van der Waals surface area (Å²) in [5, 5.41) is 11.9. The number of amides is 1. The number of esters is 1. The molecule has 2 aromatic heterocycles. The molecule has 0 bridgehead atoms. The molecule has 1 N–H and O–H groups in total. The summed E-state index contributed by atoms with van der Waals surface area (Å²) in [5.41, 5.74) is 1.66. The van der Waals surface area contributed by atoms with Crippen molar-refractivity contribution in [3.05, 3.63) is 54.4 Å². The maximum absolute atomic E-state index is 12.4. The number of carbonyl (C=O) groups is 2. The fourth-order valence-corrected chi connectivity index (χ4v) is 3.49. The van der Waals surface area contributed by atoms with Gasteiger partial charge in [-0.05, 0) is 38.1 Å². The molecule has 0 aliphatic rings. The molecule has 0 saturated carbocycles. The van der Waals surface area contributed by atoms with Gasteiger partial charge < -0.3 is 14.6 Å². The Morgan fingerprint density at radius 2 is 1.86 bits per heavy atom. The highest BCUT2D eigenvalue weighted by molar-refractivity contribution is 7.99. The highest BCUT2D eigenvalue weighted by Gasteiger charge is 2.17. The van der Waals surface area contributed by atoms with Gasteiger partial charge in [-0.25, -0.2) is 4.79 Å². The molecule has 1 aromatic carbocycles. The Bertz CT molecular complexity index is 991. The van der Waals surface area contributed by atoms with E-state index in [-0.39, 0.29) is 18.3 Å². The van der Waals surface area contributed by atoms with E-state index in [1.54, 1.807) is 43.6 Å². The van der Waals surface area contributed by atoms with Gasteiger partial charge in [-0.3, -0.25) is 9.78 Å². The predicted molar refractivity (Wildman–Crippen MR) is 111 cm³/mol. The minimum absolute atomic E-state index is 0.131. The fraction of sp³-hybridized carbons (Fsp3) is 0.250. The van der Waals surface area contributed by atoms with E-state index in [2.05, 4.69) is 20.5 Å². The molecule has 29 heavy (non-hydrogen) atoms. The monoisotopic (exact) mass is 411 g/mol. The third-order valence-electron chi connectivity index (χ3n) is 4.00. The lowest BCUT2D eigenvalue weighted by Crippen LogP contribution is -2.17. The molecule has 3 rings (SSSR count). The Kier molecular flexibility index (Phi) is 6.96. The van der Waals surface area contributed by atoms with Crippen molar-refractivity contribution >= 4 is 29.3 Å². The Morgan fingerprint density at radius 1 is 1.10 bits per heavy atom. The number of nitrogens with one attached hydrogen (secondary N) is 1. The van der Waals surface area contributed by atoms with Crippen molar-refractivity contribution in [1.82, 2.24) is 19.7 Å². The van der Waals surface area contributed by atoms with Crippen LogP contribution in [0.15, 0.2) is 53.9 Å². The number of hydrogen-bond acceptors (Lipinski definition) is 7. The van der Waals surface area contributed by atoms with Crippen LogP contribution in [0, 0.1) is 0 Å². The number of anilines is 1.